The molecule has 4 nitrogen and oxygen atoms in total. The molecule has 0 aliphatic heterocycles. The van der Waals surface area contributed by atoms with Crippen LogP contribution in [-0.4, -0.2) is 63.2 Å². The Morgan fingerprint density at radius 3 is 2.29 bits per heavy atom. The minimum Gasteiger partial charge on any atom is -0.468 e. The maximum absolute atomic E-state index is 11.2. The molecule has 0 aromatic heterocycles. The Bertz CT molecular complexity index is 172. The molecule has 0 rings (SSSR count). The van der Waals surface area contributed by atoms with E-state index in [0.29, 0.717) is 0 Å². The molecule has 0 saturated heterocycles. The summed E-state index contributed by atoms with van der Waals surface area (Å²) in [4.78, 5) is 15.3. The lowest BCUT2D eigenvalue weighted by Gasteiger charge is -2.22. The van der Waals surface area contributed by atoms with Crippen molar-refractivity contribution in [2.45, 2.75) is 19.4 Å². The maximum Gasteiger partial charge on any atom is 0.322 e. The lowest BCUT2D eigenvalue weighted by Crippen LogP contribution is -2.38. The van der Waals surface area contributed by atoms with E-state index in [9.17, 15) is 4.79 Å². The van der Waals surface area contributed by atoms with Crippen molar-refractivity contribution < 1.29 is 9.53 Å². The highest BCUT2D eigenvalue weighted by atomic mass is 16.5. The van der Waals surface area contributed by atoms with E-state index in [-0.39, 0.29) is 12.0 Å². The van der Waals surface area contributed by atoms with Crippen LogP contribution >= 0.6 is 0 Å². The highest BCUT2D eigenvalue weighted by Gasteiger charge is 2.17. The number of carbonyl (C=O) groups is 1. The van der Waals surface area contributed by atoms with Crippen LogP contribution in [0.4, 0.5) is 0 Å². The van der Waals surface area contributed by atoms with Gasteiger partial charge in [-0.2, -0.15) is 0 Å². The third-order valence-corrected chi connectivity index (χ3v) is 2.32. The number of methoxy groups -OCH3 is 1. The quantitative estimate of drug-likeness (QED) is 0.585. The Morgan fingerprint density at radius 1 is 1.29 bits per heavy atom. The molecule has 1 atom stereocenters. The largest absolute Gasteiger partial charge is 0.468 e. The van der Waals surface area contributed by atoms with E-state index in [1.165, 1.54) is 7.11 Å². The average molecular weight is 202 g/mol. The summed E-state index contributed by atoms with van der Waals surface area (Å²) in [5.74, 6) is -0.169. The van der Waals surface area contributed by atoms with Gasteiger partial charge in [0.1, 0.15) is 6.04 Å². The minimum absolute atomic E-state index is 0.151. The summed E-state index contributed by atoms with van der Waals surface area (Å²) in [6.07, 6.45) is 1.06. The van der Waals surface area contributed by atoms with E-state index in [1.54, 1.807) is 0 Å². The number of rotatable bonds is 6. The van der Waals surface area contributed by atoms with Crippen LogP contribution in [0.25, 0.3) is 0 Å². The van der Waals surface area contributed by atoms with Crippen LogP contribution in [-0.2, 0) is 9.53 Å². The Labute approximate surface area is 86.8 Å². The molecule has 0 N–H and O–H groups in total. The zero-order chi connectivity index (χ0) is 11.1. The number of ether oxygens (including phenoxy) is 1. The number of carbonyl (C=O) groups excluding carboxylic acids is 1. The summed E-state index contributed by atoms with van der Waals surface area (Å²) in [5, 5.41) is 0. The van der Waals surface area contributed by atoms with Crippen molar-refractivity contribution in [3.05, 3.63) is 0 Å². The van der Waals surface area contributed by atoms with Gasteiger partial charge in [0.25, 0.3) is 0 Å². The van der Waals surface area contributed by atoms with Crippen molar-refractivity contribution in [2.75, 3.05) is 41.3 Å². The Morgan fingerprint density at radius 2 is 1.86 bits per heavy atom. The molecule has 0 amide bonds. The van der Waals surface area contributed by atoms with Gasteiger partial charge >= 0.3 is 5.97 Å². The van der Waals surface area contributed by atoms with Crippen LogP contribution in [0.2, 0.25) is 0 Å². The van der Waals surface area contributed by atoms with Gasteiger partial charge < -0.3 is 9.64 Å². The van der Waals surface area contributed by atoms with Crippen molar-refractivity contribution in [2.24, 2.45) is 0 Å². The smallest absolute Gasteiger partial charge is 0.322 e. The van der Waals surface area contributed by atoms with Gasteiger partial charge in [-0.1, -0.05) is 0 Å². The van der Waals surface area contributed by atoms with Crippen molar-refractivity contribution in [1.29, 1.82) is 0 Å². The summed E-state index contributed by atoms with van der Waals surface area (Å²) in [6, 6.07) is -0.151. The predicted octanol–water partition coefficient (Wildman–Crippen LogP) is 0.431. The van der Waals surface area contributed by atoms with Crippen LogP contribution in [0.15, 0.2) is 0 Å². The Balaban J connectivity index is 3.72. The molecule has 0 heterocycles. The van der Waals surface area contributed by atoms with E-state index in [2.05, 4.69) is 9.64 Å². The number of nitrogens with zero attached hydrogens (tertiary/aromatic N) is 2. The molecule has 0 fully saturated rings. The van der Waals surface area contributed by atoms with Gasteiger partial charge in [0.15, 0.2) is 0 Å². The summed E-state index contributed by atoms with van der Waals surface area (Å²) in [7, 11) is 7.46. The normalized spacial score (nSPS) is 13.4. The number of likely N-dealkylation sites (N-methyl/N-ethyl adjacent to an activating group) is 1. The van der Waals surface area contributed by atoms with Crippen molar-refractivity contribution in [3.8, 4) is 0 Å². The maximum atomic E-state index is 11.2. The van der Waals surface area contributed by atoms with Gasteiger partial charge in [0, 0.05) is 0 Å². The number of hydrogen-bond acceptors (Lipinski definition) is 4. The van der Waals surface area contributed by atoms with E-state index in [0.717, 1.165) is 19.5 Å². The third-order valence-electron chi connectivity index (χ3n) is 2.32. The van der Waals surface area contributed by atoms with Crippen LogP contribution in [0, 0.1) is 0 Å². The van der Waals surface area contributed by atoms with Crippen LogP contribution in [0.1, 0.15) is 13.3 Å². The van der Waals surface area contributed by atoms with Crippen LogP contribution in [0.3, 0.4) is 0 Å². The average Bonchev–Trinajstić information content (AvgIpc) is 2.14. The molecule has 84 valence electrons. The fourth-order valence-corrected chi connectivity index (χ4v) is 1.18. The van der Waals surface area contributed by atoms with Crippen LogP contribution < -0.4 is 0 Å². The van der Waals surface area contributed by atoms with Gasteiger partial charge in [0.05, 0.1) is 7.11 Å². The highest BCUT2D eigenvalue weighted by Crippen LogP contribution is 1.99. The minimum atomic E-state index is -0.169. The lowest BCUT2D eigenvalue weighted by molar-refractivity contribution is -0.145. The SMILES string of the molecule is COC(=O)C(C)N(C)CCCN(C)C. The number of hydrogen-bond donors (Lipinski definition) is 0. The molecule has 0 radical (unpaired) electrons. The first-order valence-electron chi connectivity index (χ1n) is 4.91. The third kappa shape index (κ3) is 5.19. The molecule has 0 saturated carbocycles. The first-order chi connectivity index (χ1) is 6.49. The van der Waals surface area contributed by atoms with Gasteiger partial charge in [0.2, 0.25) is 0 Å². The highest BCUT2D eigenvalue weighted by molar-refractivity contribution is 5.75. The second kappa shape index (κ2) is 6.79. The summed E-state index contributed by atoms with van der Waals surface area (Å²) in [5.41, 5.74) is 0. The molecule has 0 aliphatic rings. The molecule has 0 aliphatic carbocycles. The predicted molar refractivity (Wildman–Crippen MR) is 57.3 cm³/mol. The molecule has 0 aromatic rings. The second-order valence-electron chi connectivity index (χ2n) is 3.84. The van der Waals surface area contributed by atoms with E-state index in [1.807, 2.05) is 33.0 Å². The van der Waals surface area contributed by atoms with Gasteiger partial charge in [-0.15, -0.1) is 0 Å². The number of esters is 1. The zero-order valence-electron chi connectivity index (χ0n) is 9.91. The second-order valence-corrected chi connectivity index (χ2v) is 3.84. The van der Waals surface area contributed by atoms with Crippen LogP contribution in [0.5, 0.6) is 0 Å². The Hall–Kier alpha value is -0.610. The monoisotopic (exact) mass is 202 g/mol. The van der Waals surface area contributed by atoms with Crippen molar-refractivity contribution >= 4 is 5.97 Å². The Kier molecular flexibility index (Phi) is 6.49. The van der Waals surface area contributed by atoms with Gasteiger partial charge in [-0.25, -0.2) is 0 Å². The van der Waals surface area contributed by atoms with E-state index >= 15 is 0 Å². The standard InChI is InChI=1S/C10H22N2O2/c1-9(10(13)14-5)12(4)8-6-7-11(2)3/h9H,6-8H2,1-5H3. The first-order valence-corrected chi connectivity index (χ1v) is 4.91. The van der Waals surface area contributed by atoms with E-state index in [4.69, 9.17) is 0 Å². The fraction of sp³-hybridized carbons (Fsp3) is 0.900. The summed E-state index contributed by atoms with van der Waals surface area (Å²) in [6.45, 7) is 3.81. The lowest BCUT2D eigenvalue weighted by atomic mass is 10.3. The fourth-order valence-electron chi connectivity index (χ4n) is 1.18. The summed E-state index contributed by atoms with van der Waals surface area (Å²) >= 11 is 0. The van der Waals surface area contributed by atoms with Crippen molar-refractivity contribution in [1.82, 2.24) is 9.80 Å². The molecule has 14 heavy (non-hydrogen) atoms. The summed E-state index contributed by atoms with van der Waals surface area (Å²) < 4.78 is 4.67. The van der Waals surface area contributed by atoms with Gasteiger partial charge in [-0.05, 0) is 47.6 Å². The van der Waals surface area contributed by atoms with Crippen molar-refractivity contribution in [3.63, 3.8) is 0 Å². The topological polar surface area (TPSA) is 32.8 Å². The first kappa shape index (κ1) is 13.4. The molecule has 0 bridgehead atoms. The zero-order valence-corrected chi connectivity index (χ0v) is 9.91. The molecule has 4 heteroatoms. The van der Waals surface area contributed by atoms with E-state index < -0.39 is 0 Å². The molecule has 0 spiro atoms. The van der Waals surface area contributed by atoms with Gasteiger partial charge in [-0.3, -0.25) is 9.69 Å². The molecule has 0 aromatic carbocycles. The molecular weight excluding hydrogens is 180 g/mol. The molecular formula is C10H22N2O2. The molecule has 1 unspecified atom stereocenters.